The minimum Gasteiger partial charge on any atom is -0.369 e. The molecule has 2 atom stereocenters. The molecule has 0 radical (unpaired) electrons. The normalized spacial score (nSPS) is 19.6. The summed E-state index contributed by atoms with van der Waals surface area (Å²) in [6.45, 7) is 5.77. The van der Waals surface area contributed by atoms with Crippen molar-refractivity contribution in [2.24, 2.45) is 11.7 Å². The molecule has 1 aliphatic rings. The highest BCUT2D eigenvalue weighted by Crippen LogP contribution is 2.19. The summed E-state index contributed by atoms with van der Waals surface area (Å²) in [6.07, 6.45) is 0.978. The SMILES string of the molecule is CC(C)[C@H](N)C(=O)NC1CCN(c2ccccc2)C1.Cl. The smallest absolute Gasteiger partial charge is 0.237 e. The lowest BCUT2D eigenvalue weighted by atomic mass is 10.0. The third-order valence-corrected chi connectivity index (χ3v) is 3.68. The molecule has 2 rings (SSSR count). The van der Waals surface area contributed by atoms with Crippen LogP contribution in [0.25, 0.3) is 0 Å². The molecule has 0 spiro atoms. The molecular formula is C15H24ClN3O. The first-order chi connectivity index (χ1) is 9.08. The van der Waals surface area contributed by atoms with Crippen molar-refractivity contribution in [2.45, 2.75) is 32.4 Å². The Bertz CT molecular complexity index is 424. The Morgan fingerprint density at radius 3 is 2.60 bits per heavy atom. The number of rotatable bonds is 4. The van der Waals surface area contributed by atoms with Gasteiger partial charge >= 0.3 is 0 Å². The zero-order valence-corrected chi connectivity index (χ0v) is 12.9. The first-order valence-corrected chi connectivity index (χ1v) is 6.94. The van der Waals surface area contributed by atoms with Gasteiger partial charge in [0.25, 0.3) is 0 Å². The Morgan fingerprint density at radius 1 is 1.35 bits per heavy atom. The molecule has 3 N–H and O–H groups in total. The van der Waals surface area contributed by atoms with Crippen molar-refractivity contribution in [3.8, 4) is 0 Å². The lowest BCUT2D eigenvalue weighted by Gasteiger charge is -2.21. The van der Waals surface area contributed by atoms with Crippen LogP contribution in [0.1, 0.15) is 20.3 Å². The van der Waals surface area contributed by atoms with Gasteiger partial charge in [0, 0.05) is 24.8 Å². The van der Waals surface area contributed by atoms with Crippen molar-refractivity contribution in [3.05, 3.63) is 30.3 Å². The number of hydrogen-bond donors (Lipinski definition) is 2. The molecule has 1 fully saturated rings. The molecule has 0 aromatic heterocycles. The van der Waals surface area contributed by atoms with Crippen LogP contribution in [-0.4, -0.2) is 31.1 Å². The number of amides is 1. The number of nitrogens with two attached hydrogens (primary N) is 1. The van der Waals surface area contributed by atoms with Crippen molar-refractivity contribution in [2.75, 3.05) is 18.0 Å². The molecule has 1 amide bonds. The van der Waals surface area contributed by atoms with E-state index in [1.807, 2.05) is 32.0 Å². The Balaban J connectivity index is 0.00000200. The van der Waals surface area contributed by atoms with E-state index in [0.717, 1.165) is 19.5 Å². The predicted molar refractivity (Wildman–Crippen MR) is 85.3 cm³/mol. The van der Waals surface area contributed by atoms with Gasteiger partial charge in [-0.1, -0.05) is 32.0 Å². The minimum atomic E-state index is -0.411. The number of para-hydroxylation sites is 1. The molecular weight excluding hydrogens is 274 g/mol. The van der Waals surface area contributed by atoms with E-state index in [9.17, 15) is 4.79 Å². The largest absolute Gasteiger partial charge is 0.369 e. The summed E-state index contributed by atoms with van der Waals surface area (Å²) < 4.78 is 0. The zero-order valence-electron chi connectivity index (χ0n) is 12.1. The van der Waals surface area contributed by atoms with Gasteiger partial charge in [0.1, 0.15) is 0 Å². The molecule has 0 aliphatic carbocycles. The summed E-state index contributed by atoms with van der Waals surface area (Å²) in [5, 5.41) is 3.05. The zero-order chi connectivity index (χ0) is 13.8. The fourth-order valence-electron chi connectivity index (χ4n) is 2.35. The second kappa shape index (κ2) is 7.50. The van der Waals surface area contributed by atoms with E-state index in [1.54, 1.807) is 0 Å². The number of carbonyl (C=O) groups excluding carboxylic acids is 1. The maximum atomic E-state index is 11.9. The van der Waals surface area contributed by atoms with Gasteiger partial charge in [0.15, 0.2) is 0 Å². The van der Waals surface area contributed by atoms with E-state index in [0.29, 0.717) is 0 Å². The van der Waals surface area contributed by atoms with E-state index in [-0.39, 0.29) is 30.3 Å². The van der Waals surface area contributed by atoms with Crippen LogP contribution in [0, 0.1) is 5.92 Å². The molecule has 4 nitrogen and oxygen atoms in total. The maximum absolute atomic E-state index is 11.9. The van der Waals surface area contributed by atoms with Gasteiger partial charge < -0.3 is 16.0 Å². The Hall–Kier alpha value is -1.26. The number of halogens is 1. The summed E-state index contributed by atoms with van der Waals surface area (Å²) >= 11 is 0. The molecule has 20 heavy (non-hydrogen) atoms. The van der Waals surface area contributed by atoms with Crippen LogP contribution in [0.2, 0.25) is 0 Å². The topological polar surface area (TPSA) is 58.4 Å². The number of anilines is 1. The fourth-order valence-corrected chi connectivity index (χ4v) is 2.35. The van der Waals surface area contributed by atoms with Crippen LogP contribution in [0.4, 0.5) is 5.69 Å². The monoisotopic (exact) mass is 297 g/mol. The molecule has 0 saturated carbocycles. The van der Waals surface area contributed by atoms with Crippen molar-refractivity contribution < 1.29 is 4.79 Å². The number of benzene rings is 1. The van der Waals surface area contributed by atoms with E-state index < -0.39 is 6.04 Å². The summed E-state index contributed by atoms with van der Waals surface area (Å²) in [7, 11) is 0. The van der Waals surface area contributed by atoms with Crippen LogP contribution in [0.3, 0.4) is 0 Å². The average molecular weight is 298 g/mol. The van der Waals surface area contributed by atoms with Crippen LogP contribution in [0.15, 0.2) is 30.3 Å². The Kier molecular flexibility index (Phi) is 6.30. The number of nitrogens with zero attached hydrogens (tertiary/aromatic N) is 1. The van der Waals surface area contributed by atoms with Crippen molar-refractivity contribution in [1.29, 1.82) is 0 Å². The van der Waals surface area contributed by atoms with E-state index in [4.69, 9.17) is 5.73 Å². The first-order valence-electron chi connectivity index (χ1n) is 6.94. The molecule has 1 saturated heterocycles. The summed E-state index contributed by atoms with van der Waals surface area (Å²) in [4.78, 5) is 14.2. The van der Waals surface area contributed by atoms with Gasteiger partial charge in [-0.2, -0.15) is 0 Å². The van der Waals surface area contributed by atoms with Gasteiger partial charge in [-0.05, 0) is 24.5 Å². The van der Waals surface area contributed by atoms with Crippen LogP contribution < -0.4 is 16.0 Å². The summed E-state index contributed by atoms with van der Waals surface area (Å²) in [5.74, 6) is 0.140. The molecule has 0 bridgehead atoms. The number of carbonyl (C=O) groups is 1. The molecule has 1 unspecified atom stereocenters. The van der Waals surface area contributed by atoms with Gasteiger partial charge in [0.05, 0.1) is 6.04 Å². The lowest BCUT2D eigenvalue weighted by molar-refractivity contribution is -0.123. The minimum absolute atomic E-state index is 0. The lowest BCUT2D eigenvalue weighted by Crippen LogP contribution is -2.48. The molecule has 1 aliphatic heterocycles. The fraction of sp³-hybridized carbons (Fsp3) is 0.533. The molecule has 1 aromatic rings. The molecule has 1 aromatic carbocycles. The average Bonchev–Trinajstić information content (AvgIpc) is 2.87. The summed E-state index contributed by atoms with van der Waals surface area (Å²) in [6, 6.07) is 10.1. The van der Waals surface area contributed by atoms with Crippen LogP contribution in [0.5, 0.6) is 0 Å². The van der Waals surface area contributed by atoms with Crippen molar-refractivity contribution in [3.63, 3.8) is 0 Å². The Labute approximate surface area is 127 Å². The number of nitrogens with one attached hydrogen (secondary N) is 1. The standard InChI is InChI=1S/C15H23N3O.ClH/c1-11(2)14(16)15(19)17-12-8-9-18(10-12)13-6-4-3-5-7-13;/h3-7,11-12,14H,8-10,16H2,1-2H3,(H,17,19);1H/t12?,14-;/m0./s1. The summed E-state index contributed by atoms with van der Waals surface area (Å²) in [5.41, 5.74) is 7.07. The second-order valence-corrected chi connectivity index (χ2v) is 5.55. The van der Waals surface area contributed by atoms with Gasteiger partial charge in [-0.15, -0.1) is 12.4 Å². The third kappa shape index (κ3) is 4.12. The quantitative estimate of drug-likeness (QED) is 0.891. The molecule has 112 valence electrons. The van der Waals surface area contributed by atoms with Gasteiger partial charge in [-0.25, -0.2) is 0 Å². The predicted octanol–water partition coefficient (Wildman–Crippen LogP) is 1.79. The van der Waals surface area contributed by atoms with E-state index in [2.05, 4.69) is 22.3 Å². The van der Waals surface area contributed by atoms with Gasteiger partial charge in [0.2, 0.25) is 5.91 Å². The molecule has 1 heterocycles. The van der Waals surface area contributed by atoms with Crippen LogP contribution >= 0.6 is 12.4 Å². The van der Waals surface area contributed by atoms with Crippen molar-refractivity contribution in [1.82, 2.24) is 5.32 Å². The van der Waals surface area contributed by atoms with E-state index in [1.165, 1.54) is 5.69 Å². The Morgan fingerprint density at radius 2 is 2.00 bits per heavy atom. The third-order valence-electron chi connectivity index (χ3n) is 3.68. The first kappa shape index (κ1) is 16.8. The highest BCUT2D eigenvalue weighted by atomic mass is 35.5. The van der Waals surface area contributed by atoms with Gasteiger partial charge in [-0.3, -0.25) is 4.79 Å². The molecule has 5 heteroatoms. The van der Waals surface area contributed by atoms with E-state index >= 15 is 0 Å². The second-order valence-electron chi connectivity index (χ2n) is 5.55. The highest BCUT2D eigenvalue weighted by molar-refractivity contribution is 5.85. The van der Waals surface area contributed by atoms with Crippen LogP contribution in [-0.2, 0) is 4.79 Å². The highest BCUT2D eigenvalue weighted by Gasteiger charge is 2.26. The van der Waals surface area contributed by atoms with Crippen molar-refractivity contribution >= 4 is 24.0 Å². The number of hydrogen-bond acceptors (Lipinski definition) is 3. The maximum Gasteiger partial charge on any atom is 0.237 e.